The molecule has 98 valence electrons. The molecule has 19 heavy (non-hydrogen) atoms. The summed E-state index contributed by atoms with van der Waals surface area (Å²) in [6.45, 7) is 0.883. The number of para-hydroxylation sites is 1. The fourth-order valence-corrected chi connectivity index (χ4v) is 2.54. The number of nitrogens with one attached hydrogen (secondary N) is 1. The first-order valence-electron chi connectivity index (χ1n) is 6.44. The second kappa shape index (κ2) is 4.88. The number of fused-ring (bicyclic) bond motifs is 1. The molecular formula is C15H16FN3. The molecule has 1 aliphatic heterocycles. The van der Waals surface area contributed by atoms with E-state index in [0.29, 0.717) is 5.69 Å². The van der Waals surface area contributed by atoms with Gasteiger partial charge in [0, 0.05) is 42.3 Å². The van der Waals surface area contributed by atoms with Crippen LogP contribution < -0.4 is 11.1 Å². The summed E-state index contributed by atoms with van der Waals surface area (Å²) in [5.74, 6) is 0. The summed E-state index contributed by atoms with van der Waals surface area (Å²) in [5, 5.41) is 3.26. The molecule has 0 radical (unpaired) electrons. The van der Waals surface area contributed by atoms with E-state index in [9.17, 15) is 4.39 Å². The van der Waals surface area contributed by atoms with Crippen molar-refractivity contribution in [1.82, 2.24) is 4.98 Å². The second-order valence-corrected chi connectivity index (χ2v) is 4.80. The molecule has 1 aromatic carbocycles. The van der Waals surface area contributed by atoms with Gasteiger partial charge in [0.05, 0.1) is 0 Å². The number of benzene rings is 1. The molecule has 3 N–H and O–H groups in total. The van der Waals surface area contributed by atoms with Crippen LogP contribution in [0.15, 0.2) is 36.7 Å². The maximum absolute atomic E-state index is 14.5. The summed E-state index contributed by atoms with van der Waals surface area (Å²) in [6.07, 6.45) is 3.42. The van der Waals surface area contributed by atoms with E-state index >= 15 is 0 Å². The van der Waals surface area contributed by atoms with Crippen LogP contribution in [-0.2, 0) is 12.8 Å². The van der Waals surface area contributed by atoms with Crippen molar-refractivity contribution in [3.8, 4) is 0 Å². The molecule has 0 bridgehead atoms. The number of halogens is 1. The highest BCUT2D eigenvalue weighted by Gasteiger charge is 2.20. The first-order chi connectivity index (χ1) is 9.25. The number of anilines is 2. The van der Waals surface area contributed by atoms with Crippen molar-refractivity contribution in [2.45, 2.75) is 19.0 Å². The SMILES string of the molecule is Nc1ccncc1CC(F)c1cccc2c1NCC2. The highest BCUT2D eigenvalue weighted by atomic mass is 19.1. The average molecular weight is 257 g/mol. The van der Waals surface area contributed by atoms with Crippen molar-refractivity contribution in [3.05, 3.63) is 53.3 Å². The summed E-state index contributed by atoms with van der Waals surface area (Å²) in [5.41, 5.74) is 10.1. The van der Waals surface area contributed by atoms with Gasteiger partial charge in [0.25, 0.3) is 0 Å². The molecule has 3 nitrogen and oxygen atoms in total. The molecule has 2 heterocycles. The topological polar surface area (TPSA) is 50.9 Å². The van der Waals surface area contributed by atoms with Gasteiger partial charge >= 0.3 is 0 Å². The first kappa shape index (κ1) is 12.0. The second-order valence-electron chi connectivity index (χ2n) is 4.80. The zero-order valence-corrected chi connectivity index (χ0v) is 10.6. The Hall–Kier alpha value is -2.10. The van der Waals surface area contributed by atoms with E-state index in [1.54, 1.807) is 18.5 Å². The van der Waals surface area contributed by atoms with Crippen molar-refractivity contribution in [2.24, 2.45) is 0 Å². The lowest BCUT2D eigenvalue weighted by atomic mass is 9.99. The van der Waals surface area contributed by atoms with Gasteiger partial charge in [-0.05, 0) is 23.6 Å². The van der Waals surface area contributed by atoms with Crippen molar-refractivity contribution in [1.29, 1.82) is 0 Å². The quantitative estimate of drug-likeness (QED) is 0.889. The molecule has 1 unspecified atom stereocenters. The van der Waals surface area contributed by atoms with E-state index in [2.05, 4.69) is 10.3 Å². The van der Waals surface area contributed by atoms with Crippen molar-refractivity contribution in [3.63, 3.8) is 0 Å². The van der Waals surface area contributed by atoms with Crippen LogP contribution in [0, 0.1) is 0 Å². The molecule has 0 amide bonds. The van der Waals surface area contributed by atoms with E-state index in [0.717, 1.165) is 29.8 Å². The standard InChI is InChI=1S/C15H16FN3/c16-13(8-11-9-18-6-5-14(11)17)12-3-1-2-10-4-7-19-15(10)12/h1-3,5-6,9,13,19H,4,7-8H2,(H2,17,18). The molecule has 4 heteroatoms. The van der Waals surface area contributed by atoms with Crippen LogP contribution in [0.3, 0.4) is 0 Å². The van der Waals surface area contributed by atoms with E-state index in [1.165, 1.54) is 5.56 Å². The van der Waals surface area contributed by atoms with Crippen LogP contribution in [0.1, 0.15) is 22.9 Å². The van der Waals surface area contributed by atoms with Gasteiger partial charge in [0.15, 0.2) is 0 Å². The average Bonchev–Trinajstić information content (AvgIpc) is 2.89. The minimum atomic E-state index is -1.06. The summed E-state index contributed by atoms with van der Waals surface area (Å²) in [4.78, 5) is 4.00. The van der Waals surface area contributed by atoms with Gasteiger partial charge in [0.2, 0.25) is 0 Å². The van der Waals surface area contributed by atoms with Crippen LogP contribution in [0.5, 0.6) is 0 Å². The molecule has 0 fully saturated rings. The predicted octanol–water partition coefficient (Wildman–Crippen LogP) is 2.89. The molecule has 1 aliphatic rings. The zero-order chi connectivity index (χ0) is 13.2. The maximum atomic E-state index is 14.5. The Bertz CT molecular complexity index is 598. The van der Waals surface area contributed by atoms with Crippen molar-refractivity contribution < 1.29 is 4.39 Å². The Kier molecular flexibility index (Phi) is 3.07. The Balaban J connectivity index is 1.87. The molecule has 2 aromatic rings. The number of hydrogen-bond acceptors (Lipinski definition) is 3. The van der Waals surface area contributed by atoms with Crippen LogP contribution in [-0.4, -0.2) is 11.5 Å². The largest absolute Gasteiger partial charge is 0.398 e. The molecule has 3 rings (SSSR count). The number of nitrogens with zero attached hydrogens (tertiary/aromatic N) is 1. The predicted molar refractivity (Wildman–Crippen MR) is 74.8 cm³/mol. The number of nitrogen functional groups attached to an aromatic ring is 1. The minimum absolute atomic E-state index is 0.262. The number of alkyl halides is 1. The van der Waals surface area contributed by atoms with Crippen LogP contribution in [0.25, 0.3) is 0 Å². The molecule has 0 aliphatic carbocycles. The fourth-order valence-electron chi connectivity index (χ4n) is 2.54. The lowest BCUT2D eigenvalue weighted by Gasteiger charge is -2.14. The monoisotopic (exact) mass is 257 g/mol. The van der Waals surface area contributed by atoms with Gasteiger partial charge in [-0.15, -0.1) is 0 Å². The third-order valence-corrected chi connectivity index (χ3v) is 3.56. The maximum Gasteiger partial charge on any atom is 0.131 e. The van der Waals surface area contributed by atoms with Crippen molar-refractivity contribution >= 4 is 11.4 Å². The number of nitrogens with two attached hydrogens (primary N) is 1. The molecule has 1 aromatic heterocycles. The molecule has 0 saturated carbocycles. The smallest absolute Gasteiger partial charge is 0.131 e. The summed E-state index contributed by atoms with van der Waals surface area (Å²) in [6, 6.07) is 7.51. The van der Waals surface area contributed by atoms with E-state index in [4.69, 9.17) is 5.73 Å². The molecular weight excluding hydrogens is 241 g/mol. The van der Waals surface area contributed by atoms with Crippen molar-refractivity contribution in [2.75, 3.05) is 17.6 Å². The number of hydrogen-bond donors (Lipinski definition) is 2. The van der Waals surface area contributed by atoms with Crippen LogP contribution in [0.2, 0.25) is 0 Å². The van der Waals surface area contributed by atoms with Gasteiger partial charge < -0.3 is 11.1 Å². The Morgan fingerprint density at radius 3 is 3.11 bits per heavy atom. The lowest BCUT2D eigenvalue weighted by Crippen LogP contribution is -2.04. The van der Waals surface area contributed by atoms with Gasteiger partial charge in [0.1, 0.15) is 6.17 Å². The number of aromatic nitrogens is 1. The third kappa shape index (κ3) is 2.26. The van der Waals surface area contributed by atoms with Gasteiger partial charge in [-0.25, -0.2) is 4.39 Å². The van der Waals surface area contributed by atoms with E-state index in [1.807, 2.05) is 18.2 Å². The Labute approximate surface area is 111 Å². The molecule has 0 spiro atoms. The zero-order valence-electron chi connectivity index (χ0n) is 10.6. The van der Waals surface area contributed by atoms with Crippen LogP contribution >= 0.6 is 0 Å². The molecule has 0 saturated heterocycles. The van der Waals surface area contributed by atoms with E-state index in [-0.39, 0.29) is 6.42 Å². The van der Waals surface area contributed by atoms with Crippen LogP contribution in [0.4, 0.5) is 15.8 Å². The first-order valence-corrected chi connectivity index (χ1v) is 6.44. The minimum Gasteiger partial charge on any atom is -0.398 e. The summed E-state index contributed by atoms with van der Waals surface area (Å²) < 4.78 is 14.5. The van der Waals surface area contributed by atoms with Gasteiger partial charge in [-0.2, -0.15) is 0 Å². The summed E-state index contributed by atoms with van der Waals surface area (Å²) in [7, 11) is 0. The fraction of sp³-hybridized carbons (Fsp3) is 0.267. The third-order valence-electron chi connectivity index (χ3n) is 3.56. The highest BCUT2D eigenvalue weighted by Crippen LogP contribution is 2.34. The molecule has 1 atom stereocenters. The Morgan fingerprint density at radius 1 is 1.37 bits per heavy atom. The highest BCUT2D eigenvalue weighted by molar-refractivity contribution is 5.62. The normalized spacial score (nSPS) is 14.8. The Morgan fingerprint density at radius 2 is 2.26 bits per heavy atom. The number of pyridine rings is 1. The van der Waals surface area contributed by atoms with Gasteiger partial charge in [-0.1, -0.05) is 18.2 Å². The van der Waals surface area contributed by atoms with Gasteiger partial charge in [-0.3, -0.25) is 4.98 Å². The lowest BCUT2D eigenvalue weighted by molar-refractivity contribution is 0.343. The number of rotatable bonds is 3. The van der Waals surface area contributed by atoms with E-state index < -0.39 is 6.17 Å². The summed E-state index contributed by atoms with van der Waals surface area (Å²) >= 11 is 0.